The van der Waals surface area contributed by atoms with E-state index < -0.39 is 9.84 Å². The standard InChI is InChI=1S/C14H13NO4S3/c16-11-3-1-9(2-4-11)7-12-13(17)15(14(20)21-12)10-5-6-22(18,19)8-10/h1-4,7,10,16H,5-6,8H2/t10-/m1/s1. The lowest BCUT2D eigenvalue weighted by molar-refractivity contribution is -0.123. The largest absolute Gasteiger partial charge is 0.508 e. The van der Waals surface area contributed by atoms with Crippen LogP contribution in [0.15, 0.2) is 29.2 Å². The van der Waals surface area contributed by atoms with Gasteiger partial charge in [0, 0.05) is 0 Å². The Morgan fingerprint density at radius 2 is 2.00 bits per heavy atom. The van der Waals surface area contributed by atoms with Crippen molar-refractivity contribution < 1.29 is 18.3 Å². The van der Waals surface area contributed by atoms with Crippen molar-refractivity contribution in [2.24, 2.45) is 0 Å². The molecule has 2 saturated heterocycles. The van der Waals surface area contributed by atoms with Crippen LogP contribution in [-0.4, -0.2) is 46.2 Å². The van der Waals surface area contributed by atoms with Crippen LogP contribution in [0.3, 0.4) is 0 Å². The molecule has 0 aliphatic carbocycles. The number of hydrogen-bond donors (Lipinski definition) is 1. The fourth-order valence-corrected chi connectivity index (χ4v) is 5.60. The SMILES string of the molecule is O=C1C(=Cc2ccc(O)cc2)SC(=S)N1[C@@H]1CCS(=O)(=O)C1. The summed E-state index contributed by atoms with van der Waals surface area (Å²) < 4.78 is 23.6. The first kappa shape index (κ1) is 15.5. The minimum absolute atomic E-state index is 0.0219. The second-order valence-electron chi connectivity index (χ2n) is 5.20. The average molecular weight is 355 g/mol. The maximum Gasteiger partial charge on any atom is 0.266 e. The molecule has 0 unspecified atom stereocenters. The highest BCUT2D eigenvalue weighted by molar-refractivity contribution is 8.26. The zero-order chi connectivity index (χ0) is 15.9. The van der Waals surface area contributed by atoms with E-state index in [0.29, 0.717) is 15.6 Å². The summed E-state index contributed by atoms with van der Waals surface area (Å²) in [6, 6.07) is 6.11. The Kier molecular flexibility index (Phi) is 4.00. The summed E-state index contributed by atoms with van der Waals surface area (Å²) in [6.45, 7) is 0. The number of benzene rings is 1. The molecule has 1 aromatic carbocycles. The monoisotopic (exact) mass is 355 g/mol. The quantitative estimate of drug-likeness (QED) is 0.644. The molecule has 1 amide bonds. The van der Waals surface area contributed by atoms with E-state index in [2.05, 4.69) is 0 Å². The lowest BCUT2D eigenvalue weighted by Gasteiger charge is -2.20. The number of carbonyl (C=O) groups excluding carboxylic acids is 1. The fraction of sp³-hybridized carbons (Fsp3) is 0.286. The molecule has 116 valence electrons. The van der Waals surface area contributed by atoms with Gasteiger partial charge in [0.15, 0.2) is 9.84 Å². The first-order valence-corrected chi connectivity index (χ1v) is 9.67. The topological polar surface area (TPSA) is 74.7 Å². The minimum Gasteiger partial charge on any atom is -0.508 e. The smallest absolute Gasteiger partial charge is 0.266 e. The molecule has 1 N–H and O–H groups in total. The number of rotatable bonds is 2. The summed E-state index contributed by atoms with van der Waals surface area (Å²) in [5, 5.41) is 9.27. The Morgan fingerprint density at radius 1 is 1.32 bits per heavy atom. The predicted octanol–water partition coefficient (Wildman–Crippen LogP) is 1.78. The normalized spacial score (nSPS) is 26.1. The van der Waals surface area contributed by atoms with Gasteiger partial charge >= 0.3 is 0 Å². The number of aromatic hydroxyl groups is 1. The minimum atomic E-state index is -3.07. The Bertz CT molecular complexity index is 768. The van der Waals surface area contributed by atoms with Gasteiger partial charge in [0.1, 0.15) is 10.1 Å². The maximum atomic E-state index is 12.5. The number of sulfone groups is 1. The van der Waals surface area contributed by atoms with Crippen LogP contribution in [-0.2, 0) is 14.6 Å². The van der Waals surface area contributed by atoms with E-state index in [0.717, 1.165) is 5.56 Å². The van der Waals surface area contributed by atoms with Crippen LogP contribution < -0.4 is 0 Å². The molecule has 0 spiro atoms. The summed E-state index contributed by atoms with van der Waals surface area (Å²) in [6.07, 6.45) is 2.13. The Labute approximate surface area is 137 Å². The number of phenols is 1. The third kappa shape index (κ3) is 3.04. The number of nitrogens with zero attached hydrogens (tertiary/aromatic N) is 1. The first-order valence-electron chi connectivity index (χ1n) is 6.62. The highest BCUT2D eigenvalue weighted by Crippen LogP contribution is 2.36. The summed E-state index contributed by atoms with van der Waals surface area (Å²) in [4.78, 5) is 14.4. The van der Waals surface area contributed by atoms with Gasteiger partial charge in [-0.15, -0.1) is 0 Å². The van der Waals surface area contributed by atoms with Crippen LogP contribution >= 0.6 is 24.0 Å². The second kappa shape index (κ2) is 5.68. The van der Waals surface area contributed by atoms with E-state index in [1.54, 1.807) is 18.2 Å². The Morgan fingerprint density at radius 3 is 2.59 bits per heavy atom. The molecular formula is C14H13NO4S3. The molecule has 0 radical (unpaired) electrons. The van der Waals surface area contributed by atoms with Crippen LogP contribution in [0.4, 0.5) is 0 Å². The molecule has 0 saturated carbocycles. The highest BCUT2D eigenvalue weighted by Gasteiger charge is 2.41. The number of thiocarbonyl (C=S) groups is 1. The predicted molar refractivity (Wildman–Crippen MR) is 90.2 cm³/mol. The molecule has 2 aliphatic rings. The van der Waals surface area contributed by atoms with Gasteiger partial charge in [0.25, 0.3) is 5.91 Å². The molecule has 2 heterocycles. The van der Waals surface area contributed by atoms with E-state index in [4.69, 9.17) is 12.2 Å². The van der Waals surface area contributed by atoms with E-state index in [1.165, 1.54) is 28.8 Å². The van der Waals surface area contributed by atoms with E-state index in [1.807, 2.05) is 0 Å². The molecule has 8 heteroatoms. The van der Waals surface area contributed by atoms with E-state index in [-0.39, 0.29) is 29.2 Å². The highest BCUT2D eigenvalue weighted by atomic mass is 32.2. The fourth-order valence-electron chi connectivity index (χ4n) is 2.50. The van der Waals surface area contributed by atoms with Gasteiger partial charge in [-0.1, -0.05) is 36.1 Å². The van der Waals surface area contributed by atoms with E-state index in [9.17, 15) is 18.3 Å². The Hall–Kier alpha value is -1.38. The lowest BCUT2D eigenvalue weighted by atomic mass is 10.2. The molecule has 3 rings (SSSR count). The van der Waals surface area contributed by atoms with Gasteiger partial charge in [-0.3, -0.25) is 9.69 Å². The van der Waals surface area contributed by atoms with Crippen molar-refractivity contribution in [3.63, 3.8) is 0 Å². The van der Waals surface area contributed by atoms with Crippen molar-refractivity contribution in [3.05, 3.63) is 34.7 Å². The Balaban J connectivity index is 1.84. The number of thioether (sulfide) groups is 1. The van der Waals surface area contributed by atoms with Crippen molar-refractivity contribution in [3.8, 4) is 5.75 Å². The molecule has 0 aromatic heterocycles. The van der Waals surface area contributed by atoms with Gasteiger partial charge in [0.05, 0.1) is 22.5 Å². The van der Waals surface area contributed by atoms with Gasteiger partial charge in [-0.05, 0) is 30.2 Å². The van der Waals surface area contributed by atoms with Gasteiger partial charge in [-0.2, -0.15) is 0 Å². The average Bonchev–Trinajstić information content (AvgIpc) is 2.93. The van der Waals surface area contributed by atoms with Crippen LogP contribution in [0.25, 0.3) is 6.08 Å². The van der Waals surface area contributed by atoms with Gasteiger partial charge in [0.2, 0.25) is 0 Å². The number of hydrogen-bond acceptors (Lipinski definition) is 6. The lowest BCUT2D eigenvalue weighted by Crippen LogP contribution is -2.39. The number of phenolic OH excluding ortho intramolecular Hbond substituents is 1. The second-order valence-corrected chi connectivity index (χ2v) is 9.10. The van der Waals surface area contributed by atoms with Crippen molar-refractivity contribution in [1.82, 2.24) is 4.90 Å². The van der Waals surface area contributed by atoms with Crippen LogP contribution in [0.2, 0.25) is 0 Å². The molecule has 1 aromatic rings. The molecule has 5 nitrogen and oxygen atoms in total. The summed E-state index contributed by atoms with van der Waals surface area (Å²) in [7, 11) is -3.07. The molecule has 2 aliphatic heterocycles. The van der Waals surface area contributed by atoms with Crippen molar-refractivity contribution in [1.29, 1.82) is 0 Å². The number of carbonyl (C=O) groups is 1. The number of amides is 1. The van der Waals surface area contributed by atoms with Crippen LogP contribution in [0.1, 0.15) is 12.0 Å². The van der Waals surface area contributed by atoms with Crippen molar-refractivity contribution >= 4 is 50.1 Å². The molecule has 22 heavy (non-hydrogen) atoms. The van der Waals surface area contributed by atoms with Crippen molar-refractivity contribution in [2.45, 2.75) is 12.5 Å². The van der Waals surface area contributed by atoms with Crippen LogP contribution in [0.5, 0.6) is 5.75 Å². The van der Waals surface area contributed by atoms with Crippen molar-refractivity contribution in [2.75, 3.05) is 11.5 Å². The maximum absolute atomic E-state index is 12.5. The molecule has 2 fully saturated rings. The van der Waals surface area contributed by atoms with Crippen LogP contribution in [0, 0.1) is 0 Å². The summed E-state index contributed by atoms with van der Waals surface area (Å²) >= 11 is 6.42. The van der Waals surface area contributed by atoms with Gasteiger partial charge < -0.3 is 5.11 Å². The van der Waals surface area contributed by atoms with E-state index >= 15 is 0 Å². The summed E-state index contributed by atoms with van der Waals surface area (Å²) in [5.74, 6) is -0.0106. The zero-order valence-corrected chi connectivity index (χ0v) is 13.9. The third-order valence-corrected chi connectivity index (χ3v) is 6.67. The molecule has 0 bridgehead atoms. The molecular weight excluding hydrogens is 342 g/mol. The third-order valence-electron chi connectivity index (χ3n) is 3.59. The zero-order valence-electron chi connectivity index (χ0n) is 11.4. The molecule has 1 atom stereocenters. The summed E-state index contributed by atoms with van der Waals surface area (Å²) in [5.41, 5.74) is 0.775. The first-order chi connectivity index (χ1) is 10.4. The van der Waals surface area contributed by atoms with Gasteiger partial charge in [-0.25, -0.2) is 8.42 Å².